The molecule has 0 spiro atoms. The molecule has 7 nitrogen and oxygen atoms in total. The summed E-state index contributed by atoms with van der Waals surface area (Å²) in [6, 6.07) is -0.104. The van der Waals surface area contributed by atoms with Crippen LogP contribution in [0.4, 0.5) is 10.6 Å². The molecule has 0 radical (unpaired) electrons. The highest BCUT2D eigenvalue weighted by atomic mass is 16.4. The fourth-order valence-electron chi connectivity index (χ4n) is 3.76. The van der Waals surface area contributed by atoms with E-state index in [1.54, 1.807) is 17.3 Å². The number of carboxylic acid groups (broad SMARTS) is 1. The van der Waals surface area contributed by atoms with Gasteiger partial charge in [0, 0.05) is 30.0 Å². The van der Waals surface area contributed by atoms with E-state index in [1.165, 1.54) is 4.90 Å². The summed E-state index contributed by atoms with van der Waals surface area (Å²) in [5.41, 5.74) is -0.456. The number of carbonyl (C=O) groups is 2. The van der Waals surface area contributed by atoms with Gasteiger partial charge in [-0.1, -0.05) is 0 Å². The molecule has 2 amide bonds. The monoisotopic (exact) mass is 332 g/mol. The Hall–Kier alpha value is -2.18. The van der Waals surface area contributed by atoms with Crippen molar-refractivity contribution < 1.29 is 14.7 Å². The van der Waals surface area contributed by atoms with E-state index in [-0.39, 0.29) is 18.0 Å². The van der Waals surface area contributed by atoms with Gasteiger partial charge in [0.05, 0.1) is 11.1 Å². The van der Waals surface area contributed by atoms with Crippen molar-refractivity contribution >= 4 is 17.8 Å². The SMILES string of the molecule is CC1(C)C(=O)N([C@H]2C[C@@H](N(C(=O)O)C(C)(C)C)C2)c2nccnc21. The minimum Gasteiger partial charge on any atom is -0.465 e. The van der Waals surface area contributed by atoms with Gasteiger partial charge in [0.1, 0.15) is 0 Å². The first-order chi connectivity index (χ1) is 11.0. The molecule has 2 aliphatic rings. The normalized spacial score (nSPS) is 25.2. The van der Waals surface area contributed by atoms with Crippen molar-refractivity contribution in [1.29, 1.82) is 0 Å². The third-order valence-electron chi connectivity index (χ3n) is 5.00. The molecule has 24 heavy (non-hydrogen) atoms. The van der Waals surface area contributed by atoms with Gasteiger partial charge < -0.3 is 10.0 Å². The van der Waals surface area contributed by atoms with E-state index < -0.39 is 17.0 Å². The lowest BCUT2D eigenvalue weighted by Gasteiger charge is -2.49. The molecule has 0 saturated heterocycles. The smallest absolute Gasteiger partial charge is 0.407 e. The molecule has 2 heterocycles. The van der Waals surface area contributed by atoms with Crippen LogP contribution in [0.25, 0.3) is 0 Å². The van der Waals surface area contributed by atoms with E-state index in [0.717, 1.165) is 0 Å². The minimum atomic E-state index is -0.917. The summed E-state index contributed by atoms with van der Waals surface area (Å²) in [6.07, 6.45) is 3.53. The average Bonchev–Trinajstić information content (AvgIpc) is 2.61. The molecule has 0 atom stereocenters. The van der Waals surface area contributed by atoms with Gasteiger partial charge in [-0.25, -0.2) is 9.78 Å². The van der Waals surface area contributed by atoms with Crippen molar-refractivity contribution in [1.82, 2.24) is 14.9 Å². The second kappa shape index (κ2) is 5.16. The van der Waals surface area contributed by atoms with Crippen LogP contribution in [0.5, 0.6) is 0 Å². The Labute approximate surface area is 141 Å². The molecule has 7 heteroatoms. The quantitative estimate of drug-likeness (QED) is 0.898. The number of hydrogen-bond acceptors (Lipinski definition) is 4. The highest BCUT2D eigenvalue weighted by Crippen LogP contribution is 2.44. The molecular weight excluding hydrogens is 308 g/mol. The summed E-state index contributed by atoms with van der Waals surface area (Å²) in [6.45, 7) is 9.38. The standard InChI is InChI=1S/C17H24N4O3/c1-16(2,3)21(15(23)24)11-8-10(9-11)20-13-12(18-6-7-19-13)17(4,5)14(20)22/h6-7,10-11H,8-9H2,1-5H3,(H,23,24)/t10-,11+. The van der Waals surface area contributed by atoms with Gasteiger partial charge >= 0.3 is 6.09 Å². The molecule has 1 aliphatic carbocycles. The van der Waals surface area contributed by atoms with E-state index in [0.29, 0.717) is 24.4 Å². The number of anilines is 1. The number of rotatable bonds is 2. The zero-order valence-electron chi connectivity index (χ0n) is 14.8. The van der Waals surface area contributed by atoms with Crippen LogP contribution < -0.4 is 4.90 Å². The lowest BCUT2D eigenvalue weighted by atomic mass is 9.82. The Morgan fingerprint density at radius 2 is 1.88 bits per heavy atom. The summed E-state index contributed by atoms with van der Waals surface area (Å²) in [7, 11) is 0. The first kappa shape index (κ1) is 16.7. The van der Waals surface area contributed by atoms with Crippen LogP contribution in [0, 0.1) is 0 Å². The molecule has 130 valence electrons. The van der Waals surface area contributed by atoms with E-state index in [2.05, 4.69) is 9.97 Å². The van der Waals surface area contributed by atoms with Crippen LogP contribution >= 0.6 is 0 Å². The van der Waals surface area contributed by atoms with Crippen LogP contribution in [0.1, 0.15) is 53.2 Å². The number of fused-ring (bicyclic) bond motifs is 1. The Kier molecular flexibility index (Phi) is 3.58. The topological polar surface area (TPSA) is 86.6 Å². The Morgan fingerprint density at radius 1 is 1.29 bits per heavy atom. The molecule has 1 aromatic heterocycles. The number of nitrogens with zero attached hydrogens (tertiary/aromatic N) is 4. The number of amides is 2. The van der Waals surface area contributed by atoms with Crippen LogP contribution in [0.3, 0.4) is 0 Å². The summed E-state index contributed by atoms with van der Waals surface area (Å²) < 4.78 is 0. The largest absolute Gasteiger partial charge is 0.465 e. The molecule has 0 aromatic carbocycles. The van der Waals surface area contributed by atoms with Gasteiger partial charge in [0.2, 0.25) is 5.91 Å². The van der Waals surface area contributed by atoms with E-state index in [9.17, 15) is 14.7 Å². The van der Waals surface area contributed by atoms with Gasteiger partial charge in [-0.15, -0.1) is 0 Å². The predicted octanol–water partition coefficient (Wildman–Crippen LogP) is 2.41. The molecule has 1 fully saturated rings. The molecule has 1 aromatic rings. The minimum absolute atomic E-state index is 0.00946. The molecule has 0 bridgehead atoms. The first-order valence-corrected chi connectivity index (χ1v) is 8.22. The average molecular weight is 332 g/mol. The van der Waals surface area contributed by atoms with Crippen molar-refractivity contribution in [3.8, 4) is 0 Å². The second-order valence-corrected chi connectivity index (χ2v) is 8.13. The van der Waals surface area contributed by atoms with Gasteiger partial charge in [0.15, 0.2) is 5.82 Å². The highest BCUT2D eigenvalue weighted by molar-refractivity contribution is 6.06. The van der Waals surface area contributed by atoms with Crippen LogP contribution in [0.15, 0.2) is 12.4 Å². The first-order valence-electron chi connectivity index (χ1n) is 8.22. The van der Waals surface area contributed by atoms with Crippen molar-refractivity contribution in [2.75, 3.05) is 4.90 Å². The maximum atomic E-state index is 12.8. The third-order valence-corrected chi connectivity index (χ3v) is 5.00. The van der Waals surface area contributed by atoms with Crippen LogP contribution in [0.2, 0.25) is 0 Å². The zero-order valence-corrected chi connectivity index (χ0v) is 14.8. The predicted molar refractivity (Wildman–Crippen MR) is 89.0 cm³/mol. The van der Waals surface area contributed by atoms with Gasteiger partial charge in [-0.3, -0.25) is 14.7 Å². The summed E-state index contributed by atoms with van der Waals surface area (Å²) >= 11 is 0. The molecular formula is C17H24N4O3. The van der Waals surface area contributed by atoms with Crippen molar-refractivity contribution in [3.63, 3.8) is 0 Å². The van der Waals surface area contributed by atoms with Crippen molar-refractivity contribution in [2.24, 2.45) is 0 Å². The van der Waals surface area contributed by atoms with Gasteiger partial charge in [0.25, 0.3) is 0 Å². The Balaban J connectivity index is 1.82. The molecule has 1 N–H and O–H groups in total. The summed E-state index contributed by atoms with van der Waals surface area (Å²) in [5.74, 6) is 0.610. The maximum Gasteiger partial charge on any atom is 0.407 e. The van der Waals surface area contributed by atoms with E-state index in [1.807, 2.05) is 34.6 Å². The second-order valence-electron chi connectivity index (χ2n) is 8.13. The molecule has 1 aliphatic heterocycles. The van der Waals surface area contributed by atoms with Crippen molar-refractivity contribution in [3.05, 3.63) is 18.1 Å². The van der Waals surface area contributed by atoms with E-state index >= 15 is 0 Å². The maximum absolute atomic E-state index is 12.8. The zero-order chi connectivity index (χ0) is 17.9. The third kappa shape index (κ3) is 2.34. The molecule has 0 unspecified atom stereocenters. The summed E-state index contributed by atoms with van der Waals surface area (Å²) in [5, 5.41) is 9.51. The fraction of sp³-hybridized carbons (Fsp3) is 0.647. The van der Waals surface area contributed by atoms with Crippen molar-refractivity contribution in [2.45, 2.75) is 70.5 Å². The van der Waals surface area contributed by atoms with Crippen LogP contribution in [-0.4, -0.2) is 49.6 Å². The lowest BCUT2D eigenvalue weighted by Crippen LogP contribution is -2.61. The number of carbonyl (C=O) groups excluding carboxylic acids is 1. The highest BCUT2D eigenvalue weighted by Gasteiger charge is 2.53. The summed E-state index contributed by atoms with van der Waals surface area (Å²) in [4.78, 5) is 36.4. The number of hydrogen-bond donors (Lipinski definition) is 1. The lowest BCUT2D eigenvalue weighted by molar-refractivity contribution is -0.123. The number of aromatic nitrogens is 2. The van der Waals surface area contributed by atoms with Crippen LogP contribution in [-0.2, 0) is 10.2 Å². The molecule has 3 rings (SSSR count). The molecule has 1 saturated carbocycles. The van der Waals surface area contributed by atoms with Gasteiger partial charge in [-0.2, -0.15) is 0 Å². The Bertz CT molecular complexity index is 689. The van der Waals surface area contributed by atoms with E-state index in [4.69, 9.17) is 0 Å². The van der Waals surface area contributed by atoms with Gasteiger partial charge in [-0.05, 0) is 47.5 Å². The fourth-order valence-corrected chi connectivity index (χ4v) is 3.76. The Morgan fingerprint density at radius 3 is 2.42 bits per heavy atom.